The first kappa shape index (κ1) is 15.6. The fourth-order valence-electron chi connectivity index (χ4n) is 1.55. The average Bonchev–Trinajstić information content (AvgIpc) is 2.47. The molecule has 20 heavy (non-hydrogen) atoms. The molecule has 0 aromatic heterocycles. The Balaban J connectivity index is 3.02. The number of ether oxygens (including phenoxy) is 3. The molecule has 0 aliphatic heterocycles. The summed E-state index contributed by atoms with van der Waals surface area (Å²) in [5.74, 6) is -0.802. The zero-order valence-corrected chi connectivity index (χ0v) is 11.9. The van der Waals surface area contributed by atoms with E-state index in [1.165, 1.54) is 14.2 Å². The van der Waals surface area contributed by atoms with Crippen molar-refractivity contribution < 1.29 is 23.8 Å². The van der Waals surface area contributed by atoms with Gasteiger partial charge in [0.2, 0.25) is 0 Å². The van der Waals surface area contributed by atoms with E-state index in [0.29, 0.717) is 17.1 Å². The van der Waals surface area contributed by atoms with Crippen LogP contribution in [0.25, 0.3) is 0 Å². The number of hydrogen-bond acceptors (Lipinski definition) is 6. The Hall–Kier alpha value is -2.50. The van der Waals surface area contributed by atoms with E-state index >= 15 is 0 Å². The molecule has 1 rings (SSSR count). The zero-order chi connectivity index (χ0) is 15.1. The topological polar surface area (TPSA) is 73.9 Å². The normalized spacial score (nSPS) is 9.40. The zero-order valence-electron chi connectivity index (χ0n) is 11.9. The summed E-state index contributed by atoms with van der Waals surface area (Å²) in [5, 5.41) is 2.95. The number of carbonyl (C=O) groups is 2. The summed E-state index contributed by atoms with van der Waals surface area (Å²) in [5.41, 5.74) is 0.869. The number of methoxy groups -OCH3 is 3. The smallest absolute Gasteiger partial charge is 0.347 e. The lowest BCUT2D eigenvalue weighted by Gasteiger charge is -2.11. The van der Waals surface area contributed by atoms with Gasteiger partial charge in [-0.25, -0.2) is 9.59 Å². The first-order chi connectivity index (χ1) is 9.53. The fraction of sp³-hybridized carbons (Fsp3) is 0.286. The number of anilines is 1. The van der Waals surface area contributed by atoms with E-state index in [1.54, 1.807) is 38.3 Å². The summed E-state index contributed by atoms with van der Waals surface area (Å²) in [4.78, 5) is 23.2. The van der Waals surface area contributed by atoms with Crippen LogP contribution >= 0.6 is 0 Å². The van der Waals surface area contributed by atoms with Gasteiger partial charge in [0.05, 0.1) is 21.3 Å². The summed E-state index contributed by atoms with van der Waals surface area (Å²) in [6.45, 7) is 1.59. The molecule has 1 aromatic carbocycles. The van der Waals surface area contributed by atoms with Gasteiger partial charge < -0.3 is 19.5 Å². The molecule has 6 nitrogen and oxygen atoms in total. The maximum absolute atomic E-state index is 11.6. The maximum atomic E-state index is 11.6. The molecule has 0 bridgehead atoms. The first-order valence-corrected chi connectivity index (χ1v) is 5.82. The third-order valence-corrected chi connectivity index (χ3v) is 2.58. The summed E-state index contributed by atoms with van der Waals surface area (Å²) in [6.07, 6.45) is 0. The third-order valence-electron chi connectivity index (χ3n) is 2.58. The van der Waals surface area contributed by atoms with E-state index < -0.39 is 11.9 Å². The lowest BCUT2D eigenvalue weighted by Crippen LogP contribution is -2.20. The van der Waals surface area contributed by atoms with Gasteiger partial charge in [-0.15, -0.1) is 0 Å². The highest BCUT2D eigenvalue weighted by molar-refractivity contribution is 6.14. The van der Waals surface area contributed by atoms with Crippen molar-refractivity contribution in [2.24, 2.45) is 0 Å². The van der Waals surface area contributed by atoms with Crippen LogP contribution in [0.15, 0.2) is 35.5 Å². The lowest BCUT2D eigenvalue weighted by atomic mass is 10.2. The van der Waals surface area contributed by atoms with Crippen molar-refractivity contribution in [3.8, 4) is 5.75 Å². The van der Waals surface area contributed by atoms with Crippen molar-refractivity contribution in [3.63, 3.8) is 0 Å². The molecule has 0 radical (unpaired) electrons. The van der Waals surface area contributed by atoms with Crippen molar-refractivity contribution in [3.05, 3.63) is 35.5 Å². The highest BCUT2D eigenvalue weighted by Gasteiger charge is 2.23. The minimum absolute atomic E-state index is 0.175. The van der Waals surface area contributed by atoms with Crippen molar-refractivity contribution >= 4 is 17.6 Å². The van der Waals surface area contributed by atoms with Crippen molar-refractivity contribution in [2.75, 3.05) is 26.6 Å². The quantitative estimate of drug-likeness (QED) is 0.383. The summed E-state index contributed by atoms with van der Waals surface area (Å²) < 4.78 is 14.2. The van der Waals surface area contributed by atoms with Gasteiger partial charge in [-0.1, -0.05) is 0 Å². The van der Waals surface area contributed by atoms with E-state index in [-0.39, 0.29) is 5.57 Å². The van der Waals surface area contributed by atoms with Crippen molar-refractivity contribution in [2.45, 2.75) is 6.92 Å². The van der Waals surface area contributed by atoms with Gasteiger partial charge in [-0.05, 0) is 31.2 Å². The molecule has 0 fully saturated rings. The number of esters is 2. The minimum Gasteiger partial charge on any atom is -0.497 e. The maximum Gasteiger partial charge on any atom is 0.347 e. The van der Waals surface area contributed by atoms with E-state index in [9.17, 15) is 9.59 Å². The van der Waals surface area contributed by atoms with Crippen LogP contribution in [0.5, 0.6) is 5.75 Å². The minimum atomic E-state index is -0.754. The summed E-state index contributed by atoms with van der Waals surface area (Å²) in [6, 6.07) is 7.03. The van der Waals surface area contributed by atoms with E-state index in [4.69, 9.17) is 4.74 Å². The monoisotopic (exact) mass is 279 g/mol. The predicted molar refractivity (Wildman–Crippen MR) is 73.3 cm³/mol. The van der Waals surface area contributed by atoms with Gasteiger partial charge in [-0.3, -0.25) is 0 Å². The highest BCUT2D eigenvalue weighted by atomic mass is 16.5. The molecule has 1 N–H and O–H groups in total. The second-order valence-corrected chi connectivity index (χ2v) is 3.84. The second kappa shape index (κ2) is 7.18. The Morgan fingerprint density at radius 1 is 0.950 bits per heavy atom. The molecular weight excluding hydrogens is 262 g/mol. The fourth-order valence-corrected chi connectivity index (χ4v) is 1.55. The van der Waals surface area contributed by atoms with E-state index in [0.717, 1.165) is 0 Å². The number of benzene rings is 1. The van der Waals surface area contributed by atoms with Crippen LogP contribution in [0.3, 0.4) is 0 Å². The van der Waals surface area contributed by atoms with E-state index in [1.807, 2.05) is 0 Å². The molecular formula is C14H17NO5. The molecule has 0 atom stereocenters. The molecule has 0 saturated heterocycles. The van der Waals surface area contributed by atoms with E-state index in [2.05, 4.69) is 14.8 Å². The Bertz CT molecular complexity index is 501. The first-order valence-electron chi connectivity index (χ1n) is 5.82. The average molecular weight is 279 g/mol. The Morgan fingerprint density at radius 2 is 1.45 bits per heavy atom. The Morgan fingerprint density at radius 3 is 1.85 bits per heavy atom. The standard InChI is InChI=1S/C14H17NO5/c1-9(12(13(16)19-3)14(17)20-4)15-10-5-7-11(18-2)8-6-10/h5-8,15H,1-4H3. The lowest BCUT2D eigenvalue weighted by molar-refractivity contribution is -0.144. The second-order valence-electron chi connectivity index (χ2n) is 3.84. The third kappa shape index (κ3) is 3.74. The predicted octanol–water partition coefficient (Wildman–Crippen LogP) is 1.73. The molecule has 0 saturated carbocycles. The van der Waals surface area contributed by atoms with Gasteiger partial charge >= 0.3 is 11.9 Å². The molecule has 0 unspecified atom stereocenters. The number of nitrogens with one attached hydrogen (secondary N) is 1. The number of hydrogen-bond donors (Lipinski definition) is 1. The summed E-state index contributed by atoms with van der Waals surface area (Å²) in [7, 11) is 3.97. The Kier molecular flexibility index (Phi) is 5.58. The van der Waals surface area contributed by atoms with Crippen molar-refractivity contribution in [1.29, 1.82) is 0 Å². The largest absolute Gasteiger partial charge is 0.497 e. The molecule has 0 heterocycles. The molecule has 1 aromatic rings. The molecule has 0 amide bonds. The highest BCUT2D eigenvalue weighted by Crippen LogP contribution is 2.18. The van der Waals surface area contributed by atoms with Crippen LogP contribution in [0.1, 0.15) is 6.92 Å². The number of allylic oxidation sites excluding steroid dienone is 1. The van der Waals surface area contributed by atoms with Crippen LogP contribution in [0.2, 0.25) is 0 Å². The molecule has 6 heteroatoms. The number of carbonyl (C=O) groups excluding carboxylic acids is 2. The van der Waals surface area contributed by atoms with Crippen LogP contribution in [-0.4, -0.2) is 33.3 Å². The van der Waals surface area contributed by atoms with Crippen LogP contribution in [0, 0.1) is 0 Å². The van der Waals surface area contributed by atoms with Gasteiger partial charge in [0.15, 0.2) is 5.57 Å². The van der Waals surface area contributed by atoms with Gasteiger partial charge in [0, 0.05) is 11.4 Å². The summed E-state index contributed by atoms with van der Waals surface area (Å²) >= 11 is 0. The van der Waals surface area contributed by atoms with Gasteiger partial charge in [0.1, 0.15) is 5.75 Å². The van der Waals surface area contributed by atoms with Gasteiger partial charge in [-0.2, -0.15) is 0 Å². The van der Waals surface area contributed by atoms with Crippen LogP contribution in [0.4, 0.5) is 5.69 Å². The van der Waals surface area contributed by atoms with Crippen molar-refractivity contribution in [1.82, 2.24) is 0 Å². The van der Waals surface area contributed by atoms with Crippen LogP contribution < -0.4 is 10.1 Å². The molecule has 0 aliphatic carbocycles. The number of rotatable bonds is 5. The van der Waals surface area contributed by atoms with Crippen LogP contribution in [-0.2, 0) is 19.1 Å². The molecule has 108 valence electrons. The molecule has 0 aliphatic rings. The SMILES string of the molecule is COC(=O)C(C(=O)OC)=C(C)Nc1ccc(OC)cc1. The van der Waals surface area contributed by atoms with Gasteiger partial charge in [0.25, 0.3) is 0 Å². The Labute approximate surface area is 117 Å². The molecule has 0 spiro atoms.